The van der Waals surface area contributed by atoms with Gasteiger partial charge in [0.25, 0.3) is 0 Å². The number of hydrogen-bond donors (Lipinski definition) is 1. The molecular weight excluding hydrogens is 218 g/mol. The average Bonchev–Trinajstić information content (AvgIpc) is 2.87. The lowest BCUT2D eigenvalue weighted by Gasteiger charge is -2.33. The molecule has 0 bridgehead atoms. The predicted molar refractivity (Wildman–Crippen MR) is 64.6 cm³/mol. The maximum absolute atomic E-state index is 12.3. The lowest BCUT2D eigenvalue weighted by atomic mass is 10.1. The molecule has 2 aliphatic heterocycles. The Hall–Kier alpha value is -1.26. The minimum absolute atomic E-state index is 0.0344. The number of nitrogens with zero attached hydrogens (tertiary/aromatic N) is 2. The SMILES string of the molecule is CNC(=O)C1CCCN1C(=O)N1CCCCC1. The number of carbonyl (C=O) groups is 2. The molecular formula is C12H21N3O2. The first kappa shape index (κ1) is 12.2. The summed E-state index contributed by atoms with van der Waals surface area (Å²) >= 11 is 0. The Kier molecular flexibility index (Phi) is 3.86. The summed E-state index contributed by atoms with van der Waals surface area (Å²) in [7, 11) is 1.63. The number of likely N-dealkylation sites (N-methyl/N-ethyl adjacent to an activating group) is 1. The van der Waals surface area contributed by atoms with Crippen LogP contribution in [0, 0.1) is 0 Å². The second kappa shape index (κ2) is 5.38. The third-order valence-electron chi connectivity index (χ3n) is 3.67. The smallest absolute Gasteiger partial charge is 0.320 e. The third kappa shape index (κ3) is 2.53. The highest BCUT2D eigenvalue weighted by Gasteiger charge is 2.35. The van der Waals surface area contributed by atoms with Crippen LogP contribution in [0.1, 0.15) is 32.1 Å². The van der Waals surface area contributed by atoms with Crippen molar-refractivity contribution in [2.24, 2.45) is 0 Å². The molecule has 96 valence electrons. The van der Waals surface area contributed by atoms with Crippen LogP contribution in [0.25, 0.3) is 0 Å². The Morgan fingerprint density at radius 2 is 1.76 bits per heavy atom. The summed E-state index contributed by atoms with van der Waals surface area (Å²) in [5, 5.41) is 2.64. The van der Waals surface area contributed by atoms with E-state index in [2.05, 4.69) is 5.32 Å². The normalized spacial score (nSPS) is 24.9. The van der Waals surface area contributed by atoms with Crippen molar-refractivity contribution >= 4 is 11.9 Å². The molecule has 0 aliphatic carbocycles. The first-order valence-electron chi connectivity index (χ1n) is 6.51. The van der Waals surface area contributed by atoms with Crippen LogP contribution in [0.15, 0.2) is 0 Å². The molecule has 2 heterocycles. The van der Waals surface area contributed by atoms with Crippen LogP contribution in [-0.4, -0.2) is 54.5 Å². The van der Waals surface area contributed by atoms with E-state index in [0.29, 0.717) is 6.54 Å². The van der Waals surface area contributed by atoms with Gasteiger partial charge < -0.3 is 15.1 Å². The van der Waals surface area contributed by atoms with Crippen molar-refractivity contribution in [1.29, 1.82) is 0 Å². The molecule has 17 heavy (non-hydrogen) atoms. The van der Waals surface area contributed by atoms with E-state index < -0.39 is 0 Å². The molecule has 5 heteroatoms. The van der Waals surface area contributed by atoms with Gasteiger partial charge in [0.1, 0.15) is 6.04 Å². The van der Waals surface area contributed by atoms with Gasteiger partial charge in [0.15, 0.2) is 0 Å². The van der Waals surface area contributed by atoms with E-state index in [1.165, 1.54) is 6.42 Å². The van der Waals surface area contributed by atoms with Crippen LogP contribution >= 0.6 is 0 Å². The second-order valence-electron chi connectivity index (χ2n) is 4.80. The standard InChI is InChI=1S/C12H21N3O2/c1-13-11(16)10-6-5-9-15(10)12(17)14-7-3-2-4-8-14/h10H,2-9H2,1H3,(H,13,16). The Morgan fingerprint density at radius 1 is 1.06 bits per heavy atom. The zero-order valence-corrected chi connectivity index (χ0v) is 10.4. The average molecular weight is 239 g/mol. The van der Waals surface area contributed by atoms with Crippen molar-refractivity contribution in [1.82, 2.24) is 15.1 Å². The molecule has 0 spiro atoms. The fourth-order valence-corrected chi connectivity index (χ4v) is 2.70. The molecule has 0 aromatic rings. The van der Waals surface area contributed by atoms with E-state index in [1.54, 1.807) is 11.9 Å². The molecule has 5 nitrogen and oxygen atoms in total. The van der Waals surface area contributed by atoms with Crippen molar-refractivity contribution in [2.45, 2.75) is 38.1 Å². The molecule has 1 unspecified atom stereocenters. The maximum atomic E-state index is 12.3. The number of hydrogen-bond acceptors (Lipinski definition) is 2. The van der Waals surface area contributed by atoms with Crippen molar-refractivity contribution in [3.05, 3.63) is 0 Å². The van der Waals surface area contributed by atoms with Crippen LogP contribution in [0.5, 0.6) is 0 Å². The minimum atomic E-state index is -0.255. The predicted octanol–water partition coefficient (Wildman–Crippen LogP) is 0.803. The topological polar surface area (TPSA) is 52.7 Å². The Bertz CT molecular complexity index is 300. The highest BCUT2D eigenvalue weighted by Crippen LogP contribution is 2.21. The van der Waals surface area contributed by atoms with Crippen LogP contribution in [0.3, 0.4) is 0 Å². The van der Waals surface area contributed by atoms with Crippen molar-refractivity contribution in [3.63, 3.8) is 0 Å². The second-order valence-corrected chi connectivity index (χ2v) is 4.80. The Balaban J connectivity index is 1.99. The number of nitrogens with one attached hydrogen (secondary N) is 1. The van der Waals surface area contributed by atoms with E-state index in [-0.39, 0.29) is 18.0 Å². The van der Waals surface area contributed by atoms with Crippen LogP contribution in [0.4, 0.5) is 4.79 Å². The fraction of sp³-hybridized carbons (Fsp3) is 0.833. The van der Waals surface area contributed by atoms with Crippen LogP contribution in [0.2, 0.25) is 0 Å². The molecule has 0 aromatic heterocycles. The lowest BCUT2D eigenvalue weighted by Crippen LogP contribution is -2.51. The molecule has 0 radical (unpaired) electrons. The van der Waals surface area contributed by atoms with E-state index in [9.17, 15) is 9.59 Å². The molecule has 1 N–H and O–H groups in total. The molecule has 2 rings (SSSR count). The van der Waals surface area contributed by atoms with Gasteiger partial charge in [-0.25, -0.2) is 4.79 Å². The largest absolute Gasteiger partial charge is 0.357 e. The summed E-state index contributed by atoms with van der Waals surface area (Å²) < 4.78 is 0. The van der Waals surface area contributed by atoms with Crippen molar-refractivity contribution in [2.75, 3.05) is 26.7 Å². The zero-order valence-electron chi connectivity index (χ0n) is 10.4. The summed E-state index contributed by atoms with van der Waals surface area (Å²) in [4.78, 5) is 27.6. The number of piperidine rings is 1. The molecule has 2 saturated heterocycles. The third-order valence-corrected chi connectivity index (χ3v) is 3.67. The summed E-state index contributed by atoms with van der Waals surface area (Å²) in [6.45, 7) is 2.40. The maximum Gasteiger partial charge on any atom is 0.320 e. The van der Waals surface area contributed by atoms with Gasteiger partial charge in [-0.2, -0.15) is 0 Å². The van der Waals surface area contributed by atoms with Gasteiger partial charge in [0, 0.05) is 26.7 Å². The number of amides is 3. The molecule has 1 atom stereocenters. The fourth-order valence-electron chi connectivity index (χ4n) is 2.70. The van der Waals surface area contributed by atoms with Gasteiger partial charge in [-0.05, 0) is 32.1 Å². The van der Waals surface area contributed by atoms with E-state index in [1.807, 2.05) is 4.90 Å². The number of likely N-dealkylation sites (tertiary alicyclic amines) is 2. The van der Waals surface area contributed by atoms with Crippen molar-refractivity contribution in [3.8, 4) is 0 Å². The quantitative estimate of drug-likeness (QED) is 0.736. The van der Waals surface area contributed by atoms with Crippen LogP contribution in [-0.2, 0) is 4.79 Å². The number of rotatable bonds is 1. The van der Waals surface area contributed by atoms with E-state index in [0.717, 1.165) is 38.8 Å². The van der Waals surface area contributed by atoms with Gasteiger partial charge in [-0.3, -0.25) is 4.79 Å². The highest BCUT2D eigenvalue weighted by molar-refractivity contribution is 5.87. The lowest BCUT2D eigenvalue weighted by molar-refractivity contribution is -0.124. The van der Waals surface area contributed by atoms with Gasteiger partial charge in [0.05, 0.1) is 0 Å². The van der Waals surface area contributed by atoms with Gasteiger partial charge in [0.2, 0.25) is 5.91 Å². The summed E-state index contributed by atoms with van der Waals surface area (Å²) in [6, 6.07) is -0.203. The van der Waals surface area contributed by atoms with Gasteiger partial charge >= 0.3 is 6.03 Å². The Labute approximate surface area is 102 Å². The Morgan fingerprint density at radius 3 is 2.41 bits per heavy atom. The van der Waals surface area contributed by atoms with Crippen molar-refractivity contribution < 1.29 is 9.59 Å². The molecule has 0 aromatic carbocycles. The van der Waals surface area contributed by atoms with Gasteiger partial charge in [-0.1, -0.05) is 0 Å². The van der Waals surface area contributed by atoms with E-state index >= 15 is 0 Å². The molecule has 2 fully saturated rings. The number of carbonyl (C=O) groups excluding carboxylic acids is 2. The first-order valence-corrected chi connectivity index (χ1v) is 6.51. The summed E-state index contributed by atoms with van der Waals surface area (Å²) in [5.74, 6) is -0.0344. The highest BCUT2D eigenvalue weighted by atomic mass is 16.2. The monoisotopic (exact) mass is 239 g/mol. The molecule has 0 saturated carbocycles. The van der Waals surface area contributed by atoms with E-state index in [4.69, 9.17) is 0 Å². The van der Waals surface area contributed by atoms with Crippen LogP contribution < -0.4 is 5.32 Å². The zero-order chi connectivity index (χ0) is 12.3. The molecule has 3 amide bonds. The van der Waals surface area contributed by atoms with Gasteiger partial charge in [-0.15, -0.1) is 0 Å². The number of urea groups is 1. The summed E-state index contributed by atoms with van der Waals surface area (Å²) in [6.07, 6.45) is 5.11. The minimum Gasteiger partial charge on any atom is -0.357 e. The first-order chi connectivity index (χ1) is 8.24. The molecule has 2 aliphatic rings. The summed E-state index contributed by atoms with van der Waals surface area (Å²) in [5.41, 5.74) is 0.